The maximum absolute atomic E-state index is 13.0. The first-order chi connectivity index (χ1) is 14.1. The second-order valence-electron chi connectivity index (χ2n) is 6.98. The van der Waals surface area contributed by atoms with E-state index in [-0.39, 0.29) is 41.6 Å². The number of anilines is 1. The van der Waals surface area contributed by atoms with Gasteiger partial charge in [0.1, 0.15) is 17.9 Å². The molecule has 1 saturated heterocycles. The summed E-state index contributed by atoms with van der Waals surface area (Å²) in [6.07, 6.45) is 0. The molecule has 0 aliphatic carbocycles. The number of rotatable bonds is 6. The fourth-order valence-corrected chi connectivity index (χ4v) is 4.98. The van der Waals surface area contributed by atoms with Crippen LogP contribution >= 0.6 is 0 Å². The Morgan fingerprint density at radius 1 is 1.27 bits per heavy atom. The van der Waals surface area contributed by atoms with Crippen LogP contribution in [-0.2, 0) is 26.1 Å². The predicted molar refractivity (Wildman–Crippen MR) is 108 cm³/mol. The maximum atomic E-state index is 13.0. The summed E-state index contributed by atoms with van der Waals surface area (Å²) in [5, 5.41) is 17.8. The summed E-state index contributed by atoms with van der Waals surface area (Å²) in [7, 11) is -3.72. The molecule has 0 bridgehead atoms. The zero-order chi connectivity index (χ0) is 22.1. The van der Waals surface area contributed by atoms with Gasteiger partial charge in [-0.25, -0.2) is 8.42 Å². The van der Waals surface area contributed by atoms with Gasteiger partial charge in [0.15, 0.2) is 0 Å². The van der Waals surface area contributed by atoms with Crippen molar-refractivity contribution >= 4 is 27.3 Å². The molecule has 0 radical (unpaired) electrons. The molecule has 1 aliphatic rings. The zero-order valence-corrected chi connectivity index (χ0v) is 17.7. The highest BCUT2D eigenvalue weighted by Crippen LogP contribution is 2.25. The van der Waals surface area contributed by atoms with Crippen molar-refractivity contribution in [2.75, 3.05) is 31.6 Å². The van der Waals surface area contributed by atoms with Crippen LogP contribution in [0, 0.1) is 30.9 Å². The van der Waals surface area contributed by atoms with Gasteiger partial charge in [0.2, 0.25) is 15.9 Å². The van der Waals surface area contributed by atoms with E-state index in [2.05, 4.69) is 10.4 Å². The van der Waals surface area contributed by atoms with Crippen molar-refractivity contribution in [3.63, 3.8) is 0 Å². The third kappa shape index (κ3) is 4.35. The highest BCUT2D eigenvalue weighted by molar-refractivity contribution is 7.89. The third-order valence-electron chi connectivity index (χ3n) is 4.88. The van der Waals surface area contributed by atoms with Crippen LogP contribution in [0.2, 0.25) is 0 Å². The molecule has 11 nitrogen and oxygen atoms in total. The molecule has 12 heteroatoms. The van der Waals surface area contributed by atoms with Gasteiger partial charge in [0.05, 0.1) is 23.0 Å². The minimum Gasteiger partial charge on any atom is -0.379 e. The molecular formula is C18H23N5O6S. The smallest absolute Gasteiger partial charge is 0.312 e. The second kappa shape index (κ2) is 8.50. The van der Waals surface area contributed by atoms with E-state index in [1.54, 1.807) is 19.1 Å². The number of carbonyl (C=O) groups excluding carboxylic acids is 1. The minimum absolute atomic E-state index is 0.115. The molecule has 1 amide bonds. The average Bonchev–Trinajstić information content (AvgIpc) is 2.97. The highest BCUT2D eigenvalue weighted by Gasteiger charge is 2.28. The van der Waals surface area contributed by atoms with Gasteiger partial charge in [0.25, 0.3) is 0 Å². The van der Waals surface area contributed by atoms with Crippen LogP contribution in [0.3, 0.4) is 0 Å². The summed E-state index contributed by atoms with van der Waals surface area (Å²) < 4.78 is 33.8. The average molecular weight is 437 g/mol. The SMILES string of the molecule is Cc1ccc(NC(=O)Cn2nc(C)c([N+](=O)[O-])c2C)cc1S(=O)(=O)N1CCOCC1. The van der Waals surface area contributed by atoms with E-state index in [1.165, 1.54) is 28.9 Å². The van der Waals surface area contributed by atoms with Crippen molar-refractivity contribution < 1.29 is 22.9 Å². The summed E-state index contributed by atoms with van der Waals surface area (Å²) in [5.74, 6) is -0.478. The van der Waals surface area contributed by atoms with Crippen molar-refractivity contribution in [3.8, 4) is 0 Å². The Balaban J connectivity index is 1.79. The standard InChI is InChI=1S/C18H23N5O6S/c1-12-4-5-15(10-16(12)30(27,28)21-6-8-29-9-7-21)19-17(24)11-22-14(3)18(23(25)26)13(2)20-22/h4-5,10H,6-9,11H2,1-3H3,(H,19,24). The Labute approximate surface area is 173 Å². The molecule has 1 aromatic carbocycles. The van der Waals surface area contributed by atoms with Gasteiger partial charge >= 0.3 is 5.69 Å². The van der Waals surface area contributed by atoms with Crippen molar-refractivity contribution in [2.45, 2.75) is 32.2 Å². The normalized spacial score (nSPS) is 15.2. The number of amides is 1. The molecule has 1 N–H and O–H groups in total. The number of nitro groups is 1. The third-order valence-corrected chi connectivity index (χ3v) is 6.92. The number of sulfonamides is 1. The summed E-state index contributed by atoms with van der Waals surface area (Å²) >= 11 is 0. The van der Waals surface area contributed by atoms with Gasteiger partial charge in [-0.15, -0.1) is 0 Å². The first-order valence-corrected chi connectivity index (χ1v) is 10.7. The number of hydrogen-bond donors (Lipinski definition) is 1. The molecule has 1 fully saturated rings. The van der Waals surface area contributed by atoms with Crippen LogP contribution in [0.5, 0.6) is 0 Å². The quantitative estimate of drug-likeness (QED) is 0.532. The molecule has 1 aliphatic heterocycles. The zero-order valence-electron chi connectivity index (χ0n) is 16.9. The number of ether oxygens (including phenoxy) is 1. The van der Waals surface area contributed by atoms with Gasteiger partial charge in [-0.05, 0) is 38.5 Å². The van der Waals surface area contributed by atoms with Gasteiger partial charge < -0.3 is 10.1 Å². The van der Waals surface area contributed by atoms with E-state index in [9.17, 15) is 23.3 Å². The van der Waals surface area contributed by atoms with E-state index < -0.39 is 20.9 Å². The molecular weight excluding hydrogens is 414 g/mol. The molecule has 0 saturated carbocycles. The number of aryl methyl sites for hydroxylation is 2. The number of carbonyl (C=O) groups is 1. The van der Waals surface area contributed by atoms with E-state index in [4.69, 9.17) is 4.74 Å². The Morgan fingerprint density at radius 2 is 1.93 bits per heavy atom. The highest BCUT2D eigenvalue weighted by atomic mass is 32.2. The fraction of sp³-hybridized carbons (Fsp3) is 0.444. The van der Waals surface area contributed by atoms with Crippen LogP contribution in [0.15, 0.2) is 23.1 Å². The Kier molecular flexibility index (Phi) is 6.19. The fourth-order valence-electron chi connectivity index (χ4n) is 3.32. The van der Waals surface area contributed by atoms with Crippen molar-refractivity contribution in [1.82, 2.24) is 14.1 Å². The van der Waals surface area contributed by atoms with Gasteiger partial charge in [0, 0.05) is 18.8 Å². The lowest BCUT2D eigenvalue weighted by Gasteiger charge is -2.26. The van der Waals surface area contributed by atoms with Crippen molar-refractivity contribution in [2.24, 2.45) is 0 Å². The Hall–Kier alpha value is -2.83. The lowest BCUT2D eigenvalue weighted by atomic mass is 10.2. The topological polar surface area (TPSA) is 137 Å². The minimum atomic E-state index is -3.72. The summed E-state index contributed by atoms with van der Waals surface area (Å²) in [6.45, 7) is 5.69. The Bertz CT molecular complexity index is 1090. The number of nitrogens with zero attached hydrogens (tertiary/aromatic N) is 4. The number of hydrogen-bond acceptors (Lipinski definition) is 7. The van der Waals surface area contributed by atoms with Gasteiger partial charge in [-0.3, -0.25) is 19.6 Å². The summed E-state index contributed by atoms with van der Waals surface area (Å²) in [4.78, 5) is 23.1. The lowest BCUT2D eigenvalue weighted by molar-refractivity contribution is -0.386. The molecule has 0 atom stereocenters. The molecule has 0 unspecified atom stereocenters. The van der Waals surface area contributed by atoms with Crippen LogP contribution in [0.4, 0.5) is 11.4 Å². The molecule has 0 spiro atoms. The Morgan fingerprint density at radius 3 is 2.53 bits per heavy atom. The molecule has 2 aromatic rings. The largest absolute Gasteiger partial charge is 0.379 e. The molecule has 2 heterocycles. The second-order valence-corrected chi connectivity index (χ2v) is 8.89. The van der Waals surface area contributed by atoms with E-state index in [0.717, 1.165) is 0 Å². The van der Waals surface area contributed by atoms with E-state index in [1.807, 2.05) is 0 Å². The number of nitrogens with one attached hydrogen (secondary N) is 1. The van der Waals surface area contributed by atoms with Crippen molar-refractivity contribution in [1.29, 1.82) is 0 Å². The molecule has 162 valence electrons. The van der Waals surface area contributed by atoms with Crippen LogP contribution in [-0.4, -0.2) is 59.6 Å². The van der Waals surface area contributed by atoms with E-state index >= 15 is 0 Å². The molecule has 3 rings (SSSR count). The predicted octanol–water partition coefficient (Wildman–Crippen LogP) is 1.38. The first-order valence-electron chi connectivity index (χ1n) is 9.28. The monoisotopic (exact) mass is 437 g/mol. The van der Waals surface area contributed by atoms with E-state index in [0.29, 0.717) is 24.5 Å². The number of aromatic nitrogens is 2. The molecule has 1 aromatic heterocycles. The first kappa shape index (κ1) is 21.9. The lowest BCUT2D eigenvalue weighted by Crippen LogP contribution is -2.40. The summed E-state index contributed by atoms with van der Waals surface area (Å²) in [6, 6.07) is 4.65. The van der Waals surface area contributed by atoms with Crippen LogP contribution in [0.25, 0.3) is 0 Å². The van der Waals surface area contributed by atoms with Crippen LogP contribution < -0.4 is 5.32 Å². The number of benzene rings is 1. The maximum Gasteiger partial charge on any atom is 0.312 e. The van der Waals surface area contributed by atoms with Crippen molar-refractivity contribution in [3.05, 3.63) is 45.3 Å². The van der Waals surface area contributed by atoms with Gasteiger partial charge in [-0.1, -0.05) is 6.07 Å². The van der Waals surface area contributed by atoms with Crippen LogP contribution in [0.1, 0.15) is 17.0 Å². The summed E-state index contributed by atoms with van der Waals surface area (Å²) in [5.41, 5.74) is 1.24. The number of morpholine rings is 1. The molecule has 30 heavy (non-hydrogen) atoms. The van der Waals surface area contributed by atoms with Gasteiger partial charge in [-0.2, -0.15) is 9.40 Å².